The third kappa shape index (κ3) is 2.01. The molecular weight excluding hydrogens is 241 g/mol. The fraction of sp³-hybridized carbons (Fsp3) is 0.538. The highest BCUT2D eigenvalue weighted by molar-refractivity contribution is 5.28. The molecule has 2 atom stereocenters. The fourth-order valence-corrected chi connectivity index (χ4v) is 2.74. The molecule has 2 nitrogen and oxygen atoms in total. The van der Waals surface area contributed by atoms with Crippen molar-refractivity contribution in [3.05, 3.63) is 35.9 Å². The van der Waals surface area contributed by atoms with Crippen molar-refractivity contribution in [1.82, 2.24) is 4.90 Å². The van der Waals surface area contributed by atoms with Crippen molar-refractivity contribution in [3.8, 4) is 0 Å². The van der Waals surface area contributed by atoms with Crippen LogP contribution >= 0.6 is 0 Å². The molecule has 0 saturated carbocycles. The van der Waals surface area contributed by atoms with Gasteiger partial charge in [-0.15, -0.1) is 0 Å². The van der Waals surface area contributed by atoms with Crippen molar-refractivity contribution in [2.75, 3.05) is 13.6 Å². The van der Waals surface area contributed by atoms with E-state index in [0.29, 0.717) is 13.0 Å². The van der Waals surface area contributed by atoms with E-state index in [2.05, 4.69) is 0 Å². The smallest absolute Gasteiger partial charge is 0.328 e. The van der Waals surface area contributed by atoms with Gasteiger partial charge in [-0.25, -0.2) is 0 Å². The highest BCUT2D eigenvalue weighted by Crippen LogP contribution is 2.48. The molecule has 1 aliphatic heterocycles. The lowest BCUT2D eigenvalue weighted by atomic mass is 9.78. The zero-order chi connectivity index (χ0) is 13.4. The molecule has 0 spiro atoms. The number of hydrogen-bond donors (Lipinski definition) is 1. The summed E-state index contributed by atoms with van der Waals surface area (Å²) in [5.41, 5.74) is 4.10. The van der Waals surface area contributed by atoms with Crippen molar-refractivity contribution in [3.63, 3.8) is 0 Å². The molecule has 1 aromatic rings. The fourth-order valence-electron chi connectivity index (χ4n) is 2.74. The predicted molar refractivity (Wildman–Crippen MR) is 64.0 cm³/mol. The summed E-state index contributed by atoms with van der Waals surface area (Å²) >= 11 is 0. The van der Waals surface area contributed by atoms with Gasteiger partial charge in [0.05, 0.1) is 0 Å². The van der Waals surface area contributed by atoms with Gasteiger partial charge in [0.2, 0.25) is 0 Å². The summed E-state index contributed by atoms with van der Waals surface area (Å²) in [6, 6.07) is 7.64. The first kappa shape index (κ1) is 13.4. The molecule has 18 heavy (non-hydrogen) atoms. The van der Waals surface area contributed by atoms with Gasteiger partial charge in [0.25, 0.3) is 0 Å². The molecule has 2 unspecified atom stereocenters. The van der Waals surface area contributed by atoms with E-state index in [-0.39, 0.29) is 12.0 Å². The second kappa shape index (κ2) is 4.55. The number of nitrogens with zero attached hydrogens (tertiary/aromatic N) is 1. The zero-order valence-corrected chi connectivity index (χ0v) is 10.2. The summed E-state index contributed by atoms with van der Waals surface area (Å²) in [7, 11) is 1.52. The number of alkyl halides is 3. The molecule has 1 fully saturated rings. The van der Waals surface area contributed by atoms with E-state index in [9.17, 15) is 13.2 Å². The average molecular weight is 258 g/mol. The zero-order valence-electron chi connectivity index (χ0n) is 10.2. The Bertz CT molecular complexity index is 404. The van der Waals surface area contributed by atoms with E-state index >= 15 is 0 Å². The molecule has 2 N–H and O–H groups in total. The summed E-state index contributed by atoms with van der Waals surface area (Å²) in [6.07, 6.45) is -3.82. The van der Waals surface area contributed by atoms with Crippen LogP contribution in [0.25, 0.3) is 0 Å². The molecule has 0 radical (unpaired) electrons. The standard InChI is InChI=1S/C13H17F3N2/c1-18-8-7-11(17)9-12(18,13(14,15)16)10-5-3-2-4-6-10/h2-6,11H,7-9,17H2,1H3. The van der Waals surface area contributed by atoms with Crippen LogP contribution in [-0.4, -0.2) is 30.7 Å². The number of rotatable bonds is 1. The predicted octanol–water partition coefficient (Wildman–Crippen LogP) is 2.50. The SMILES string of the molecule is CN1CCC(N)CC1(c1ccccc1)C(F)(F)F. The van der Waals surface area contributed by atoms with E-state index < -0.39 is 17.8 Å². The Morgan fingerprint density at radius 1 is 1.28 bits per heavy atom. The van der Waals surface area contributed by atoms with Crippen LogP contribution in [0.15, 0.2) is 30.3 Å². The molecule has 0 aliphatic carbocycles. The number of nitrogens with two attached hydrogens (primary N) is 1. The molecule has 5 heteroatoms. The van der Waals surface area contributed by atoms with Crippen molar-refractivity contribution in [1.29, 1.82) is 0 Å². The molecule has 0 bridgehead atoms. The molecule has 1 saturated heterocycles. The highest BCUT2D eigenvalue weighted by Gasteiger charge is 2.60. The van der Waals surface area contributed by atoms with E-state index in [1.165, 1.54) is 24.1 Å². The quantitative estimate of drug-likeness (QED) is 0.838. The lowest BCUT2D eigenvalue weighted by molar-refractivity contribution is -0.245. The van der Waals surface area contributed by atoms with E-state index in [0.717, 1.165) is 0 Å². The van der Waals surface area contributed by atoms with Gasteiger partial charge < -0.3 is 5.73 Å². The van der Waals surface area contributed by atoms with Crippen LogP contribution in [0, 0.1) is 0 Å². The molecule has 0 amide bonds. The summed E-state index contributed by atoms with van der Waals surface area (Å²) in [5, 5.41) is 0. The Balaban J connectivity index is 2.53. The lowest BCUT2D eigenvalue weighted by Gasteiger charge is -2.48. The minimum absolute atomic E-state index is 0.0863. The van der Waals surface area contributed by atoms with Gasteiger partial charge in [-0.05, 0) is 25.5 Å². The monoisotopic (exact) mass is 258 g/mol. The minimum Gasteiger partial charge on any atom is -0.328 e. The third-order valence-electron chi connectivity index (χ3n) is 3.76. The maximum Gasteiger partial charge on any atom is 0.411 e. The van der Waals surface area contributed by atoms with Crippen LogP contribution in [0.5, 0.6) is 0 Å². The second-order valence-corrected chi connectivity index (χ2v) is 4.90. The van der Waals surface area contributed by atoms with Gasteiger partial charge in [-0.1, -0.05) is 30.3 Å². The molecule has 0 aromatic heterocycles. The molecule has 2 rings (SSSR count). The lowest BCUT2D eigenvalue weighted by Crippen LogP contribution is -2.60. The Kier molecular flexibility index (Phi) is 3.38. The second-order valence-electron chi connectivity index (χ2n) is 4.90. The van der Waals surface area contributed by atoms with Gasteiger partial charge >= 0.3 is 6.18 Å². The Morgan fingerprint density at radius 2 is 1.89 bits per heavy atom. The third-order valence-corrected chi connectivity index (χ3v) is 3.76. The summed E-state index contributed by atoms with van der Waals surface area (Å²) in [6.45, 7) is 0.357. The van der Waals surface area contributed by atoms with E-state index in [1.54, 1.807) is 18.2 Å². The normalized spacial score (nSPS) is 30.4. The number of likely N-dealkylation sites (tertiary alicyclic amines) is 1. The van der Waals surface area contributed by atoms with Gasteiger partial charge in [0.1, 0.15) is 5.54 Å². The summed E-state index contributed by atoms with van der Waals surface area (Å²) < 4.78 is 40.8. The number of hydrogen-bond acceptors (Lipinski definition) is 2. The van der Waals surface area contributed by atoms with Crippen LogP contribution in [0.1, 0.15) is 18.4 Å². The molecular formula is C13H17F3N2. The van der Waals surface area contributed by atoms with Gasteiger partial charge in [0.15, 0.2) is 0 Å². The van der Waals surface area contributed by atoms with Crippen LogP contribution in [0.3, 0.4) is 0 Å². The Hall–Kier alpha value is -1.07. The molecule has 1 aliphatic rings. The van der Waals surface area contributed by atoms with Crippen LogP contribution in [0.2, 0.25) is 0 Å². The summed E-state index contributed by atoms with van der Waals surface area (Å²) in [5.74, 6) is 0. The minimum atomic E-state index is -4.33. The number of benzene rings is 1. The molecule has 100 valence electrons. The maximum atomic E-state index is 13.6. The topological polar surface area (TPSA) is 29.3 Å². The first-order valence-electron chi connectivity index (χ1n) is 5.97. The van der Waals surface area contributed by atoms with Crippen molar-refractivity contribution >= 4 is 0 Å². The Labute approximate surface area is 105 Å². The van der Waals surface area contributed by atoms with Crippen molar-refractivity contribution < 1.29 is 13.2 Å². The van der Waals surface area contributed by atoms with E-state index in [1.807, 2.05) is 0 Å². The number of halogens is 3. The van der Waals surface area contributed by atoms with Gasteiger partial charge in [0, 0.05) is 12.6 Å². The van der Waals surface area contributed by atoms with Gasteiger partial charge in [-0.2, -0.15) is 13.2 Å². The van der Waals surface area contributed by atoms with Crippen molar-refractivity contribution in [2.24, 2.45) is 5.73 Å². The first-order chi connectivity index (χ1) is 8.38. The maximum absolute atomic E-state index is 13.6. The molecule has 1 heterocycles. The highest BCUT2D eigenvalue weighted by atomic mass is 19.4. The average Bonchev–Trinajstić information content (AvgIpc) is 2.32. The summed E-state index contributed by atoms with van der Waals surface area (Å²) in [4.78, 5) is 1.38. The largest absolute Gasteiger partial charge is 0.411 e. The van der Waals surface area contributed by atoms with Crippen LogP contribution in [-0.2, 0) is 5.54 Å². The van der Waals surface area contributed by atoms with Crippen molar-refractivity contribution in [2.45, 2.75) is 30.6 Å². The first-order valence-corrected chi connectivity index (χ1v) is 5.97. The van der Waals surface area contributed by atoms with Gasteiger partial charge in [-0.3, -0.25) is 4.90 Å². The van der Waals surface area contributed by atoms with E-state index in [4.69, 9.17) is 5.73 Å². The van der Waals surface area contributed by atoms with Crippen LogP contribution < -0.4 is 5.73 Å². The Morgan fingerprint density at radius 3 is 2.44 bits per heavy atom. The number of piperidine rings is 1. The van der Waals surface area contributed by atoms with Crippen LogP contribution in [0.4, 0.5) is 13.2 Å². The molecule has 1 aromatic carbocycles.